The van der Waals surface area contributed by atoms with Crippen LogP contribution in [-0.2, 0) is 0 Å². The van der Waals surface area contributed by atoms with Crippen molar-refractivity contribution < 1.29 is 9.90 Å². The third kappa shape index (κ3) is 1.28. The average molecular weight is 178 g/mol. The lowest BCUT2D eigenvalue weighted by Gasteiger charge is -1.83. The molecule has 0 bridgehead atoms. The number of nitrogens with one attached hydrogen (secondary N) is 2. The highest BCUT2D eigenvalue weighted by Gasteiger charge is 2.09. The minimum absolute atomic E-state index is 0.0659. The van der Waals surface area contributed by atoms with Crippen LogP contribution in [0.5, 0.6) is 0 Å². The highest BCUT2D eigenvalue weighted by molar-refractivity contribution is 5.86. The number of H-pyrrole nitrogens is 2. The highest BCUT2D eigenvalue weighted by atomic mass is 16.4. The van der Waals surface area contributed by atoms with E-state index in [-0.39, 0.29) is 5.69 Å². The summed E-state index contributed by atoms with van der Waals surface area (Å²) < 4.78 is 0. The van der Waals surface area contributed by atoms with Gasteiger partial charge in [0.2, 0.25) is 0 Å². The van der Waals surface area contributed by atoms with Crippen LogP contribution in [0.15, 0.2) is 18.5 Å². The number of hydrogen-bond acceptors (Lipinski definition) is 3. The number of nitrogens with zero attached hydrogens (tertiary/aromatic N) is 2. The molecule has 6 heteroatoms. The van der Waals surface area contributed by atoms with Crippen LogP contribution < -0.4 is 0 Å². The predicted molar refractivity (Wildman–Crippen MR) is 43.1 cm³/mol. The van der Waals surface area contributed by atoms with Crippen LogP contribution in [0.2, 0.25) is 0 Å². The number of carboxylic acids is 1. The zero-order valence-corrected chi connectivity index (χ0v) is 6.48. The van der Waals surface area contributed by atoms with Crippen molar-refractivity contribution in [3.8, 4) is 11.3 Å². The summed E-state index contributed by atoms with van der Waals surface area (Å²) in [6.07, 6.45) is 3.21. The zero-order chi connectivity index (χ0) is 9.26. The van der Waals surface area contributed by atoms with Crippen molar-refractivity contribution in [2.24, 2.45) is 0 Å². The molecule has 0 spiro atoms. The van der Waals surface area contributed by atoms with E-state index in [2.05, 4.69) is 20.4 Å². The summed E-state index contributed by atoms with van der Waals surface area (Å²) >= 11 is 0. The van der Waals surface area contributed by atoms with Crippen molar-refractivity contribution in [1.29, 1.82) is 0 Å². The Balaban J connectivity index is 2.39. The summed E-state index contributed by atoms with van der Waals surface area (Å²) in [4.78, 5) is 10.5. The van der Waals surface area contributed by atoms with Crippen molar-refractivity contribution in [1.82, 2.24) is 20.4 Å². The second kappa shape index (κ2) is 2.74. The standard InChI is InChI=1S/C7H6N4O2/c12-7(13)6-1-5(10-11-6)4-2-8-9-3-4/h1-3H,(H,8,9)(H,10,11)(H,12,13). The Kier molecular flexibility index (Phi) is 1.59. The number of hydrogen-bond donors (Lipinski definition) is 3. The molecule has 0 saturated heterocycles. The molecule has 0 saturated carbocycles. The first-order valence-corrected chi connectivity index (χ1v) is 3.55. The molecule has 0 unspecified atom stereocenters. The van der Waals surface area contributed by atoms with Gasteiger partial charge in [0, 0.05) is 11.8 Å². The van der Waals surface area contributed by atoms with Gasteiger partial charge in [-0.3, -0.25) is 10.2 Å². The van der Waals surface area contributed by atoms with Gasteiger partial charge in [0.1, 0.15) is 5.69 Å². The maximum Gasteiger partial charge on any atom is 0.353 e. The average Bonchev–Trinajstić information content (AvgIpc) is 2.75. The van der Waals surface area contributed by atoms with E-state index in [1.165, 1.54) is 6.07 Å². The normalized spacial score (nSPS) is 10.2. The zero-order valence-electron chi connectivity index (χ0n) is 6.48. The van der Waals surface area contributed by atoms with E-state index in [9.17, 15) is 4.79 Å². The molecule has 2 heterocycles. The van der Waals surface area contributed by atoms with E-state index < -0.39 is 5.97 Å². The number of aromatic carboxylic acids is 1. The van der Waals surface area contributed by atoms with E-state index in [0.29, 0.717) is 5.69 Å². The minimum atomic E-state index is -1.03. The van der Waals surface area contributed by atoms with E-state index in [4.69, 9.17) is 5.11 Å². The van der Waals surface area contributed by atoms with Gasteiger partial charge in [-0.15, -0.1) is 0 Å². The van der Waals surface area contributed by atoms with Gasteiger partial charge in [0.25, 0.3) is 0 Å². The number of rotatable bonds is 2. The lowest BCUT2D eigenvalue weighted by atomic mass is 10.2. The van der Waals surface area contributed by atoms with E-state index in [1.807, 2.05) is 0 Å². The second-order valence-electron chi connectivity index (χ2n) is 2.46. The highest BCUT2D eigenvalue weighted by Crippen LogP contribution is 2.14. The Morgan fingerprint density at radius 3 is 2.92 bits per heavy atom. The first-order valence-electron chi connectivity index (χ1n) is 3.55. The quantitative estimate of drug-likeness (QED) is 0.623. The van der Waals surface area contributed by atoms with Gasteiger partial charge in [-0.25, -0.2) is 4.79 Å². The fraction of sp³-hybridized carbons (Fsp3) is 0. The van der Waals surface area contributed by atoms with E-state index in [1.54, 1.807) is 12.4 Å². The number of aromatic nitrogens is 4. The number of aromatic amines is 2. The van der Waals surface area contributed by atoms with E-state index >= 15 is 0 Å². The van der Waals surface area contributed by atoms with Crippen LogP contribution in [0.3, 0.4) is 0 Å². The van der Waals surface area contributed by atoms with Gasteiger partial charge in [0.15, 0.2) is 0 Å². The maximum atomic E-state index is 10.5. The Labute approximate surface area is 72.6 Å². The molecule has 3 N–H and O–H groups in total. The molecule has 0 aromatic carbocycles. The lowest BCUT2D eigenvalue weighted by Crippen LogP contribution is -1.95. The molecule has 2 aromatic rings. The summed E-state index contributed by atoms with van der Waals surface area (Å²) in [5.41, 5.74) is 1.38. The molecule has 0 atom stereocenters. The second-order valence-corrected chi connectivity index (χ2v) is 2.46. The van der Waals surface area contributed by atoms with Crippen LogP contribution in [0.1, 0.15) is 10.5 Å². The first-order chi connectivity index (χ1) is 6.27. The fourth-order valence-corrected chi connectivity index (χ4v) is 0.970. The molecule has 2 rings (SSSR count). The minimum Gasteiger partial charge on any atom is -0.477 e. The Hall–Kier alpha value is -2.11. The molecule has 0 aliphatic rings. The molecule has 66 valence electrons. The van der Waals surface area contributed by atoms with Crippen LogP contribution in [0.4, 0.5) is 0 Å². The monoisotopic (exact) mass is 178 g/mol. The smallest absolute Gasteiger partial charge is 0.353 e. The number of carboxylic acid groups (broad SMARTS) is 1. The Morgan fingerprint density at radius 2 is 2.38 bits per heavy atom. The maximum absolute atomic E-state index is 10.5. The molecule has 0 amide bonds. The van der Waals surface area contributed by atoms with Crippen LogP contribution in [0, 0.1) is 0 Å². The molecular weight excluding hydrogens is 172 g/mol. The largest absolute Gasteiger partial charge is 0.477 e. The third-order valence-corrected chi connectivity index (χ3v) is 1.60. The van der Waals surface area contributed by atoms with Gasteiger partial charge >= 0.3 is 5.97 Å². The summed E-state index contributed by atoms with van der Waals surface area (Å²) in [5.74, 6) is -1.03. The van der Waals surface area contributed by atoms with E-state index in [0.717, 1.165) is 5.56 Å². The van der Waals surface area contributed by atoms with Gasteiger partial charge in [-0.05, 0) is 6.07 Å². The van der Waals surface area contributed by atoms with Crippen molar-refractivity contribution in [2.75, 3.05) is 0 Å². The Bertz CT molecular complexity index is 417. The molecular formula is C7H6N4O2. The van der Waals surface area contributed by atoms with Gasteiger partial charge in [-0.2, -0.15) is 10.2 Å². The van der Waals surface area contributed by atoms with Gasteiger partial charge in [-0.1, -0.05) is 0 Å². The van der Waals surface area contributed by atoms with Gasteiger partial charge < -0.3 is 5.11 Å². The SMILES string of the molecule is O=C(O)c1cc(-c2cn[nH]c2)n[nH]1. The summed E-state index contributed by atoms with van der Waals surface area (Å²) in [7, 11) is 0. The molecule has 0 fully saturated rings. The topological polar surface area (TPSA) is 94.7 Å². The third-order valence-electron chi connectivity index (χ3n) is 1.60. The fourth-order valence-electron chi connectivity index (χ4n) is 0.970. The molecule has 0 aliphatic carbocycles. The van der Waals surface area contributed by atoms with Crippen LogP contribution >= 0.6 is 0 Å². The molecule has 2 aromatic heterocycles. The summed E-state index contributed by atoms with van der Waals surface area (Å²) in [6.45, 7) is 0. The molecule has 0 aliphatic heterocycles. The van der Waals surface area contributed by atoms with Crippen LogP contribution in [-0.4, -0.2) is 31.5 Å². The summed E-state index contributed by atoms with van der Waals surface area (Å²) in [6, 6.07) is 1.45. The predicted octanol–water partition coefficient (Wildman–Crippen LogP) is 0.498. The number of carbonyl (C=O) groups is 1. The Morgan fingerprint density at radius 1 is 1.54 bits per heavy atom. The lowest BCUT2D eigenvalue weighted by molar-refractivity contribution is 0.0690. The first kappa shape index (κ1) is 7.53. The van der Waals surface area contributed by atoms with Crippen molar-refractivity contribution in [2.45, 2.75) is 0 Å². The summed E-state index contributed by atoms with van der Waals surface area (Å²) in [5, 5.41) is 21.2. The van der Waals surface area contributed by atoms with Crippen molar-refractivity contribution >= 4 is 5.97 Å². The molecule has 13 heavy (non-hydrogen) atoms. The molecule has 6 nitrogen and oxygen atoms in total. The molecule has 0 radical (unpaired) electrons. The van der Waals surface area contributed by atoms with Crippen LogP contribution in [0.25, 0.3) is 11.3 Å². The van der Waals surface area contributed by atoms with Crippen molar-refractivity contribution in [3.63, 3.8) is 0 Å². The van der Waals surface area contributed by atoms with Crippen molar-refractivity contribution in [3.05, 3.63) is 24.2 Å². The van der Waals surface area contributed by atoms with Gasteiger partial charge in [0.05, 0.1) is 11.9 Å².